The van der Waals surface area contributed by atoms with Gasteiger partial charge in [0.1, 0.15) is 11.5 Å². The van der Waals surface area contributed by atoms with Crippen LogP contribution in [-0.2, 0) is 4.79 Å². The summed E-state index contributed by atoms with van der Waals surface area (Å²) in [6.07, 6.45) is 2.07. The van der Waals surface area contributed by atoms with Crippen molar-refractivity contribution in [1.29, 1.82) is 0 Å². The standard InChI is InChI=1S/C24H25N3O3S/c25-24(29)26-20(16-23(28)27-13-5-11-21(27)22-12-6-14-31-22)17-7-4-10-19(15-17)30-18-8-2-1-3-9-18/h1-4,6-10,12,14-15,20-21H,5,11,13,16H2,(H3,25,26,29). The van der Waals surface area contributed by atoms with Crippen molar-refractivity contribution in [3.63, 3.8) is 0 Å². The average Bonchev–Trinajstić information content (AvgIpc) is 3.45. The Hall–Kier alpha value is -3.32. The Balaban J connectivity index is 1.51. The van der Waals surface area contributed by atoms with Crippen LogP contribution < -0.4 is 15.8 Å². The molecule has 0 saturated carbocycles. The van der Waals surface area contributed by atoms with E-state index in [0.29, 0.717) is 11.5 Å². The van der Waals surface area contributed by atoms with Crippen molar-refractivity contribution in [3.05, 3.63) is 82.6 Å². The molecule has 0 spiro atoms. The van der Waals surface area contributed by atoms with Gasteiger partial charge in [0.25, 0.3) is 0 Å². The summed E-state index contributed by atoms with van der Waals surface area (Å²) in [4.78, 5) is 28.0. The van der Waals surface area contributed by atoms with Crippen molar-refractivity contribution in [2.45, 2.75) is 31.3 Å². The van der Waals surface area contributed by atoms with Crippen molar-refractivity contribution in [2.75, 3.05) is 6.54 Å². The molecule has 2 aromatic carbocycles. The molecule has 1 aliphatic rings. The first-order chi connectivity index (χ1) is 15.1. The lowest BCUT2D eigenvalue weighted by Crippen LogP contribution is -2.38. The van der Waals surface area contributed by atoms with Crippen LogP contribution >= 0.6 is 11.3 Å². The van der Waals surface area contributed by atoms with Gasteiger partial charge in [-0.15, -0.1) is 11.3 Å². The zero-order valence-corrected chi connectivity index (χ0v) is 17.9. The van der Waals surface area contributed by atoms with Gasteiger partial charge in [0.15, 0.2) is 0 Å². The minimum Gasteiger partial charge on any atom is -0.457 e. The Bertz CT molecular complexity index is 1020. The number of urea groups is 1. The maximum Gasteiger partial charge on any atom is 0.312 e. The van der Waals surface area contributed by atoms with Crippen LogP contribution in [0.2, 0.25) is 0 Å². The predicted molar refractivity (Wildman–Crippen MR) is 121 cm³/mol. The normalized spacial score (nSPS) is 16.6. The highest BCUT2D eigenvalue weighted by Gasteiger charge is 2.32. The lowest BCUT2D eigenvalue weighted by molar-refractivity contribution is -0.132. The lowest BCUT2D eigenvalue weighted by Gasteiger charge is -2.27. The zero-order chi connectivity index (χ0) is 21.6. The molecule has 3 aromatic rings. The highest BCUT2D eigenvalue weighted by Crippen LogP contribution is 2.36. The Morgan fingerprint density at radius 1 is 1.10 bits per heavy atom. The lowest BCUT2D eigenvalue weighted by atomic mass is 10.0. The van der Waals surface area contributed by atoms with E-state index >= 15 is 0 Å². The molecule has 1 aromatic heterocycles. The fraction of sp³-hybridized carbons (Fsp3) is 0.250. The molecule has 0 radical (unpaired) electrons. The minimum atomic E-state index is -0.664. The summed E-state index contributed by atoms with van der Waals surface area (Å²) in [7, 11) is 0. The molecule has 1 fully saturated rings. The van der Waals surface area contributed by atoms with E-state index in [4.69, 9.17) is 10.5 Å². The first-order valence-electron chi connectivity index (χ1n) is 10.3. The van der Waals surface area contributed by atoms with Gasteiger partial charge in [0.2, 0.25) is 5.91 Å². The third-order valence-electron chi connectivity index (χ3n) is 5.38. The van der Waals surface area contributed by atoms with Gasteiger partial charge < -0.3 is 20.7 Å². The largest absolute Gasteiger partial charge is 0.457 e. The van der Waals surface area contributed by atoms with E-state index in [-0.39, 0.29) is 18.4 Å². The molecule has 7 heteroatoms. The van der Waals surface area contributed by atoms with E-state index < -0.39 is 12.1 Å². The van der Waals surface area contributed by atoms with Crippen LogP contribution in [0.3, 0.4) is 0 Å². The number of carbonyl (C=O) groups is 2. The highest BCUT2D eigenvalue weighted by molar-refractivity contribution is 7.10. The zero-order valence-electron chi connectivity index (χ0n) is 17.1. The maximum absolute atomic E-state index is 13.2. The van der Waals surface area contributed by atoms with Gasteiger partial charge in [-0.1, -0.05) is 36.4 Å². The molecule has 31 heavy (non-hydrogen) atoms. The maximum atomic E-state index is 13.2. The first-order valence-corrected chi connectivity index (χ1v) is 11.2. The molecular weight excluding hydrogens is 410 g/mol. The number of para-hydroxylation sites is 1. The number of hydrogen-bond donors (Lipinski definition) is 2. The highest BCUT2D eigenvalue weighted by atomic mass is 32.1. The Kier molecular flexibility index (Phi) is 6.52. The number of ether oxygens (including phenoxy) is 1. The van der Waals surface area contributed by atoms with Gasteiger partial charge in [0, 0.05) is 11.4 Å². The van der Waals surface area contributed by atoms with Crippen LogP contribution in [0, 0.1) is 0 Å². The number of hydrogen-bond acceptors (Lipinski definition) is 4. The summed E-state index contributed by atoms with van der Waals surface area (Å²) < 4.78 is 5.91. The van der Waals surface area contributed by atoms with Crippen LogP contribution in [0.25, 0.3) is 0 Å². The SMILES string of the molecule is NC(=O)NC(CC(=O)N1CCCC1c1cccs1)c1cccc(Oc2ccccc2)c1. The molecule has 1 saturated heterocycles. The Morgan fingerprint density at radius 2 is 1.90 bits per heavy atom. The van der Waals surface area contributed by atoms with E-state index in [1.807, 2.05) is 70.9 Å². The second-order valence-corrected chi connectivity index (χ2v) is 8.49. The van der Waals surface area contributed by atoms with E-state index in [1.54, 1.807) is 11.3 Å². The summed E-state index contributed by atoms with van der Waals surface area (Å²) in [6.45, 7) is 0.724. The number of primary amides is 1. The number of nitrogens with one attached hydrogen (secondary N) is 1. The van der Waals surface area contributed by atoms with Gasteiger partial charge in [-0.25, -0.2) is 4.79 Å². The van der Waals surface area contributed by atoms with E-state index in [0.717, 1.165) is 24.9 Å². The van der Waals surface area contributed by atoms with Gasteiger partial charge in [-0.2, -0.15) is 0 Å². The van der Waals surface area contributed by atoms with Crippen molar-refractivity contribution >= 4 is 23.3 Å². The van der Waals surface area contributed by atoms with Crippen LogP contribution in [0.4, 0.5) is 4.79 Å². The molecule has 0 bridgehead atoms. The first kappa shape index (κ1) is 20.9. The molecule has 6 nitrogen and oxygen atoms in total. The van der Waals surface area contributed by atoms with Crippen molar-refractivity contribution in [3.8, 4) is 11.5 Å². The molecule has 2 atom stereocenters. The number of amides is 3. The molecule has 1 aliphatic heterocycles. The smallest absolute Gasteiger partial charge is 0.312 e. The summed E-state index contributed by atoms with van der Waals surface area (Å²) >= 11 is 1.67. The number of likely N-dealkylation sites (tertiary alicyclic amines) is 1. The Labute approximate surface area is 185 Å². The molecule has 3 N–H and O–H groups in total. The summed E-state index contributed by atoms with van der Waals surface area (Å²) in [5, 5.41) is 4.76. The van der Waals surface area contributed by atoms with E-state index in [9.17, 15) is 9.59 Å². The van der Waals surface area contributed by atoms with Crippen LogP contribution in [-0.4, -0.2) is 23.4 Å². The van der Waals surface area contributed by atoms with Crippen molar-refractivity contribution < 1.29 is 14.3 Å². The van der Waals surface area contributed by atoms with Gasteiger partial charge in [0.05, 0.1) is 18.5 Å². The predicted octanol–water partition coefficient (Wildman–Crippen LogP) is 5.00. The number of nitrogens with zero attached hydrogens (tertiary/aromatic N) is 1. The summed E-state index contributed by atoms with van der Waals surface area (Å²) in [6, 6.07) is 19.8. The summed E-state index contributed by atoms with van der Waals surface area (Å²) in [5.74, 6) is 1.35. The van der Waals surface area contributed by atoms with E-state index in [1.165, 1.54) is 4.88 Å². The third kappa shape index (κ3) is 5.24. The van der Waals surface area contributed by atoms with Gasteiger partial charge in [-0.05, 0) is 54.1 Å². The van der Waals surface area contributed by atoms with Crippen LogP contribution in [0.5, 0.6) is 11.5 Å². The van der Waals surface area contributed by atoms with Crippen LogP contribution in [0.15, 0.2) is 72.1 Å². The second-order valence-electron chi connectivity index (χ2n) is 7.51. The summed E-state index contributed by atoms with van der Waals surface area (Å²) in [5.41, 5.74) is 6.19. The quantitative estimate of drug-likeness (QED) is 0.547. The molecule has 0 aliphatic carbocycles. The Morgan fingerprint density at radius 3 is 2.65 bits per heavy atom. The second kappa shape index (κ2) is 9.66. The van der Waals surface area contributed by atoms with Crippen molar-refractivity contribution in [2.24, 2.45) is 5.73 Å². The number of nitrogens with two attached hydrogens (primary N) is 1. The number of carbonyl (C=O) groups excluding carboxylic acids is 2. The molecule has 2 heterocycles. The van der Waals surface area contributed by atoms with Gasteiger partial charge in [-0.3, -0.25) is 4.79 Å². The number of rotatable bonds is 7. The number of benzene rings is 2. The fourth-order valence-electron chi connectivity index (χ4n) is 3.98. The molecule has 2 unspecified atom stereocenters. The number of thiophene rings is 1. The minimum absolute atomic E-state index is 0.00373. The molecule has 4 rings (SSSR count). The van der Waals surface area contributed by atoms with Crippen molar-refractivity contribution in [1.82, 2.24) is 10.2 Å². The monoisotopic (exact) mass is 435 g/mol. The molecule has 160 valence electrons. The third-order valence-corrected chi connectivity index (χ3v) is 6.35. The van der Waals surface area contributed by atoms with Gasteiger partial charge >= 0.3 is 6.03 Å². The fourth-order valence-corrected chi connectivity index (χ4v) is 4.85. The van der Waals surface area contributed by atoms with E-state index in [2.05, 4.69) is 11.4 Å². The topological polar surface area (TPSA) is 84.7 Å². The molecular formula is C24H25N3O3S. The average molecular weight is 436 g/mol. The van der Waals surface area contributed by atoms with Crippen LogP contribution in [0.1, 0.15) is 41.8 Å². The molecule has 3 amide bonds.